The highest BCUT2D eigenvalue weighted by Gasteiger charge is 2.26. The highest BCUT2D eigenvalue weighted by atomic mass is 32.2. The average Bonchev–Trinajstić information content (AvgIpc) is 3.39. The highest BCUT2D eigenvalue weighted by molar-refractivity contribution is 7.97. The first-order valence-electron chi connectivity index (χ1n) is 10.3. The average molecular weight is 466 g/mol. The molecule has 0 atom stereocenters. The minimum atomic E-state index is -0.904. The summed E-state index contributed by atoms with van der Waals surface area (Å²) in [5.74, 6) is -1.51. The van der Waals surface area contributed by atoms with Crippen LogP contribution < -0.4 is 11.1 Å². The van der Waals surface area contributed by atoms with E-state index in [1.165, 1.54) is 6.07 Å². The summed E-state index contributed by atoms with van der Waals surface area (Å²) in [4.78, 5) is 19.3. The molecule has 0 unspecified atom stereocenters. The molecule has 2 aromatic rings. The first-order chi connectivity index (χ1) is 15.0. The van der Waals surface area contributed by atoms with Gasteiger partial charge in [-0.15, -0.1) is 0 Å². The van der Waals surface area contributed by atoms with Crippen LogP contribution in [0.3, 0.4) is 0 Å². The van der Waals surface area contributed by atoms with Gasteiger partial charge in [-0.25, -0.2) is 13.8 Å². The molecule has 3 N–H and O–H groups in total. The number of carbonyl (C=O) groups excluding carboxylic acids is 1. The number of aromatic nitrogens is 1. The Bertz CT molecular complexity index is 931. The van der Waals surface area contributed by atoms with Crippen molar-refractivity contribution in [2.75, 3.05) is 49.5 Å². The Balaban J connectivity index is 1.28. The number of benzene rings is 1. The van der Waals surface area contributed by atoms with Crippen molar-refractivity contribution in [3.05, 3.63) is 52.4 Å². The lowest BCUT2D eigenvalue weighted by molar-refractivity contribution is 0.103. The first-order valence-corrected chi connectivity index (χ1v) is 12.0. The van der Waals surface area contributed by atoms with Crippen molar-refractivity contribution in [3.8, 4) is 0 Å². The predicted molar refractivity (Wildman–Crippen MR) is 123 cm³/mol. The minimum absolute atomic E-state index is 0.00968. The normalized spacial score (nSPS) is 18.0. The molecule has 0 bridgehead atoms. The van der Waals surface area contributed by atoms with Crippen LogP contribution in [0.25, 0.3) is 0 Å². The standard InChI is InChI=1S/C21H25F2N5OS2/c22-15-4-3-5-16(23)17(15)18(29)19-20(24)26-21(31-19)25-14-6-10-28(11-7-14)30-13-12-27-8-1-2-9-27/h1-5,14H,6-13,24H2,(H,25,26). The van der Waals surface area contributed by atoms with E-state index >= 15 is 0 Å². The first kappa shape index (κ1) is 22.2. The Labute approximate surface area is 188 Å². The summed E-state index contributed by atoms with van der Waals surface area (Å²) in [7, 11) is 0. The second-order valence-electron chi connectivity index (χ2n) is 7.57. The molecule has 0 amide bonds. The Hall–Kier alpha value is -2.01. The zero-order chi connectivity index (χ0) is 21.8. The second kappa shape index (κ2) is 10.1. The van der Waals surface area contributed by atoms with Crippen LogP contribution in [0.2, 0.25) is 0 Å². The number of rotatable bonds is 8. The number of hydrogen-bond acceptors (Lipinski definition) is 8. The fourth-order valence-corrected chi connectivity index (χ4v) is 5.67. The summed E-state index contributed by atoms with van der Waals surface area (Å²) >= 11 is 2.93. The fraction of sp³-hybridized carbons (Fsp3) is 0.429. The van der Waals surface area contributed by atoms with E-state index in [9.17, 15) is 13.6 Å². The van der Waals surface area contributed by atoms with Crippen LogP contribution in [-0.2, 0) is 0 Å². The Kier molecular flexibility index (Phi) is 7.21. The number of hydrogen-bond donors (Lipinski definition) is 2. The lowest BCUT2D eigenvalue weighted by Gasteiger charge is -2.31. The van der Waals surface area contributed by atoms with Gasteiger partial charge in [0.1, 0.15) is 22.3 Å². The lowest BCUT2D eigenvalue weighted by Crippen LogP contribution is -2.36. The van der Waals surface area contributed by atoms with Gasteiger partial charge in [0, 0.05) is 44.5 Å². The van der Waals surface area contributed by atoms with Gasteiger partial charge in [-0.05, 0) is 25.0 Å². The van der Waals surface area contributed by atoms with Crippen molar-refractivity contribution in [1.82, 2.24) is 14.2 Å². The fourth-order valence-electron chi connectivity index (χ4n) is 3.69. The zero-order valence-corrected chi connectivity index (χ0v) is 18.7. The van der Waals surface area contributed by atoms with E-state index in [2.05, 4.69) is 31.7 Å². The molecule has 6 nitrogen and oxygen atoms in total. The van der Waals surface area contributed by atoms with Gasteiger partial charge in [0.05, 0.1) is 5.56 Å². The quantitative estimate of drug-likeness (QED) is 0.350. The van der Waals surface area contributed by atoms with Gasteiger partial charge in [0.25, 0.3) is 0 Å². The van der Waals surface area contributed by atoms with E-state index in [1.807, 2.05) is 11.9 Å². The number of nitrogen functional groups attached to an aromatic ring is 1. The van der Waals surface area contributed by atoms with Crippen molar-refractivity contribution >= 4 is 40.0 Å². The van der Waals surface area contributed by atoms with Crippen LogP contribution in [0.5, 0.6) is 0 Å². The van der Waals surface area contributed by atoms with Crippen molar-refractivity contribution in [3.63, 3.8) is 0 Å². The molecule has 0 radical (unpaired) electrons. The number of carbonyl (C=O) groups is 1. The Morgan fingerprint density at radius 3 is 2.58 bits per heavy atom. The van der Waals surface area contributed by atoms with Crippen LogP contribution in [0.4, 0.5) is 19.7 Å². The summed E-state index contributed by atoms with van der Waals surface area (Å²) in [6.07, 6.45) is 6.31. The number of nitrogens with two attached hydrogens (primary N) is 1. The third kappa shape index (κ3) is 5.43. The monoisotopic (exact) mass is 465 g/mol. The van der Waals surface area contributed by atoms with Crippen LogP contribution in [0, 0.1) is 11.6 Å². The number of halogens is 2. The van der Waals surface area contributed by atoms with Gasteiger partial charge in [-0.3, -0.25) is 14.0 Å². The second-order valence-corrected chi connectivity index (χ2v) is 9.75. The van der Waals surface area contributed by atoms with E-state index in [0.29, 0.717) is 5.13 Å². The summed E-state index contributed by atoms with van der Waals surface area (Å²) in [5, 5.41) is 3.84. The number of anilines is 2. The van der Waals surface area contributed by atoms with Gasteiger partial charge in [-0.2, -0.15) is 0 Å². The van der Waals surface area contributed by atoms with Gasteiger partial charge >= 0.3 is 0 Å². The van der Waals surface area contributed by atoms with Gasteiger partial charge in [0.2, 0.25) is 5.78 Å². The maximum atomic E-state index is 14.0. The molecule has 0 spiro atoms. The van der Waals surface area contributed by atoms with E-state index in [0.717, 1.165) is 74.8 Å². The molecule has 1 aromatic heterocycles. The van der Waals surface area contributed by atoms with Crippen molar-refractivity contribution in [2.24, 2.45) is 0 Å². The zero-order valence-electron chi connectivity index (χ0n) is 17.0. The van der Waals surface area contributed by atoms with Gasteiger partial charge in [-0.1, -0.05) is 41.5 Å². The van der Waals surface area contributed by atoms with E-state index in [-0.39, 0.29) is 16.7 Å². The van der Waals surface area contributed by atoms with E-state index < -0.39 is 23.0 Å². The summed E-state index contributed by atoms with van der Waals surface area (Å²) in [6, 6.07) is 3.55. The van der Waals surface area contributed by atoms with E-state index in [4.69, 9.17) is 5.73 Å². The third-order valence-corrected chi connectivity index (χ3v) is 7.50. The van der Waals surface area contributed by atoms with Crippen molar-refractivity contribution < 1.29 is 13.6 Å². The molecule has 31 heavy (non-hydrogen) atoms. The maximum absolute atomic E-state index is 14.0. The smallest absolute Gasteiger partial charge is 0.212 e. The lowest BCUT2D eigenvalue weighted by atomic mass is 10.1. The number of nitrogens with one attached hydrogen (secondary N) is 1. The molecule has 3 heterocycles. The largest absolute Gasteiger partial charge is 0.382 e. The number of piperidine rings is 1. The molecule has 1 aromatic carbocycles. The van der Waals surface area contributed by atoms with Crippen molar-refractivity contribution in [1.29, 1.82) is 0 Å². The Morgan fingerprint density at radius 1 is 1.23 bits per heavy atom. The van der Waals surface area contributed by atoms with Crippen LogP contribution >= 0.6 is 23.3 Å². The predicted octanol–water partition coefficient (Wildman–Crippen LogP) is 3.63. The molecule has 4 rings (SSSR count). The van der Waals surface area contributed by atoms with Crippen LogP contribution in [0.15, 0.2) is 30.4 Å². The molecule has 2 aliphatic heterocycles. The summed E-state index contributed by atoms with van der Waals surface area (Å²) < 4.78 is 30.3. The number of ketones is 1. The number of thiazole rings is 1. The Morgan fingerprint density at radius 2 is 1.90 bits per heavy atom. The molecule has 10 heteroatoms. The molecule has 166 valence electrons. The van der Waals surface area contributed by atoms with E-state index in [1.54, 1.807) is 0 Å². The van der Waals surface area contributed by atoms with Crippen LogP contribution in [0.1, 0.15) is 28.1 Å². The summed E-state index contributed by atoms with van der Waals surface area (Å²) in [6.45, 7) is 5.13. The highest BCUT2D eigenvalue weighted by Crippen LogP contribution is 2.31. The minimum Gasteiger partial charge on any atom is -0.382 e. The molecular formula is C21H25F2N5OS2. The van der Waals surface area contributed by atoms with Gasteiger partial charge in [0.15, 0.2) is 5.13 Å². The van der Waals surface area contributed by atoms with Crippen molar-refractivity contribution in [2.45, 2.75) is 18.9 Å². The molecule has 2 aliphatic rings. The van der Waals surface area contributed by atoms with Gasteiger partial charge < -0.3 is 11.1 Å². The molecule has 1 saturated heterocycles. The van der Waals surface area contributed by atoms with Crippen LogP contribution in [-0.4, -0.2) is 64.5 Å². The maximum Gasteiger partial charge on any atom is 0.212 e. The SMILES string of the molecule is Nc1nc(NC2CCN(SCCN3CC=CC3)CC2)sc1C(=O)c1c(F)cccc1F. The molecular weight excluding hydrogens is 440 g/mol. The number of nitrogens with zero attached hydrogens (tertiary/aromatic N) is 3. The topological polar surface area (TPSA) is 74.5 Å². The third-order valence-electron chi connectivity index (χ3n) is 5.41. The molecule has 1 fully saturated rings. The molecule has 0 aliphatic carbocycles. The molecule has 0 saturated carbocycles. The summed E-state index contributed by atoms with van der Waals surface area (Å²) in [5.41, 5.74) is 5.29.